The molecule has 34 heavy (non-hydrogen) atoms. The zero-order valence-corrected chi connectivity index (χ0v) is 23.0. The van der Waals surface area contributed by atoms with Crippen molar-refractivity contribution in [3.05, 3.63) is 60.8 Å². The highest BCUT2D eigenvalue weighted by molar-refractivity contribution is 7.99. The molecule has 1 atom stereocenters. The molecular weight excluding hydrogens is 456 g/mol. The molecule has 0 aliphatic carbocycles. The molecule has 0 amide bonds. The lowest BCUT2D eigenvalue weighted by Crippen LogP contribution is -2.25. The minimum absolute atomic E-state index is 0.157. The summed E-state index contributed by atoms with van der Waals surface area (Å²) in [5.41, 5.74) is 5.02. The molecule has 0 saturated carbocycles. The second-order valence-electron chi connectivity index (χ2n) is 10.4. The molecule has 0 radical (unpaired) electrons. The summed E-state index contributed by atoms with van der Waals surface area (Å²) in [6.07, 6.45) is 3.03. The minimum Gasteiger partial charge on any atom is -0.377 e. The smallest absolute Gasteiger partial charge is 0.157 e. The van der Waals surface area contributed by atoms with Crippen molar-refractivity contribution < 1.29 is 9.47 Å². The van der Waals surface area contributed by atoms with E-state index in [-0.39, 0.29) is 6.23 Å². The van der Waals surface area contributed by atoms with Crippen LogP contribution in [0.2, 0.25) is 25.7 Å². The average molecular weight is 495 g/mol. The molecule has 0 N–H and O–H groups in total. The number of benzene rings is 2. The van der Waals surface area contributed by atoms with Gasteiger partial charge < -0.3 is 18.9 Å². The second kappa shape index (κ2) is 11.3. The zero-order valence-electron chi connectivity index (χ0n) is 21.2. The molecule has 0 spiro atoms. The first-order valence-corrected chi connectivity index (χ1v) is 16.8. The Balaban J connectivity index is 1.67. The van der Waals surface area contributed by atoms with Crippen molar-refractivity contribution >= 4 is 19.8 Å². The fraction of sp³-hybridized carbons (Fsp3) is 0.429. The van der Waals surface area contributed by atoms with Gasteiger partial charge in [-0.05, 0) is 56.9 Å². The summed E-state index contributed by atoms with van der Waals surface area (Å²) < 4.78 is 15.0. The molecule has 0 bridgehead atoms. The first-order chi connectivity index (χ1) is 16.3. The van der Waals surface area contributed by atoms with Gasteiger partial charge in [0.1, 0.15) is 0 Å². The van der Waals surface area contributed by atoms with E-state index < -0.39 is 8.07 Å². The van der Waals surface area contributed by atoms with Crippen molar-refractivity contribution in [3.63, 3.8) is 0 Å². The van der Waals surface area contributed by atoms with Crippen LogP contribution in [0, 0.1) is 0 Å². The Morgan fingerprint density at radius 1 is 0.882 bits per heavy atom. The molecule has 1 aliphatic heterocycles. The minimum atomic E-state index is -1.14. The van der Waals surface area contributed by atoms with Crippen LogP contribution in [0.3, 0.4) is 0 Å². The molecule has 1 aromatic heterocycles. The van der Waals surface area contributed by atoms with Gasteiger partial charge in [-0.25, -0.2) is 0 Å². The third kappa shape index (κ3) is 6.23. The predicted octanol–water partition coefficient (Wildman–Crippen LogP) is 7.11. The number of ether oxygens (including phenoxy) is 2. The Kier molecular flexibility index (Phi) is 8.37. The fourth-order valence-electron chi connectivity index (χ4n) is 4.21. The fourth-order valence-corrected chi connectivity index (χ4v) is 6.06. The van der Waals surface area contributed by atoms with E-state index in [4.69, 9.17) is 9.47 Å². The Morgan fingerprint density at radius 3 is 2.26 bits per heavy atom. The van der Waals surface area contributed by atoms with E-state index in [1.165, 1.54) is 32.2 Å². The average Bonchev–Trinajstić information content (AvgIpc) is 3.16. The summed E-state index contributed by atoms with van der Waals surface area (Å²) >= 11 is 1.85. The largest absolute Gasteiger partial charge is 0.377 e. The topological polar surface area (TPSA) is 26.6 Å². The summed E-state index contributed by atoms with van der Waals surface area (Å²) in [5, 5.41) is 0. The number of hydrogen-bond donors (Lipinski definition) is 0. The number of hydrogen-bond acceptors (Lipinski definition) is 4. The Morgan fingerprint density at radius 2 is 1.56 bits per heavy atom. The zero-order chi connectivity index (χ0) is 24.1. The predicted molar refractivity (Wildman–Crippen MR) is 147 cm³/mol. The molecule has 3 aromatic rings. The number of aromatic nitrogens is 1. The van der Waals surface area contributed by atoms with Gasteiger partial charge >= 0.3 is 0 Å². The van der Waals surface area contributed by atoms with Crippen LogP contribution in [-0.2, 0) is 9.47 Å². The van der Waals surface area contributed by atoms with Gasteiger partial charge in [-0.1, -0.05) is 67.8 Å². The first kappa shape index (κ1) is 25.3. The molecule has 0 saturated heterocycles. The highest BCUT2D eigenvalue weighted by atomic mass is 32.2. The van der Waals surface area contributed by atoms with Gasteiger partial charge in [-0.3, -0.25) is 0 Å². The summed E-state index contributed by atoms with van der Waals surface area (Å²) in [6.45, 7) is 10.3. The number of rotatable bonds is 11. The van der Waals surface area contributed by atoms with Crippen molar-refractivity contribution in [1.82, 2.24) is 9.47 Å². The molecule has 6 heteroatoms. The lowest BCUT2D eigenvalue weighted by molar-refractivity contribution is -0.0559. The van der Waals surface area contributed by atoms with Crippen LogP contribution < -0.4 is 0 Å². The van der Waals surface area contributed by atoms with E-state index in [0.717, 1.165) is 25.6 Å². The first-order valence-electron chi connectivity index (χ1n) is 12.2. The molecule has 182 valence electrons. The van der Waals surface area contributed by atoms with Crippen molar-refractivity contribution in [2.45, 2.75) is 48.1 Å². The van der Waals surface area contributed by atoms with Gasteiger partial charge in [0.15, 0.2) is 6.23 Å². The highest BCUT2D eigenvalue weighted by Gasteiger charge is 2.26. The van der Waals surface area contributed by atoms with Crippen molar-refractivity contribution in [2.24, 2.45) is 0 Å². The maximum Gasteiger partial charge on any atom is 0.157 e. The van der Waals surface area contributed by atoms with Gasteiger partial charge in [0.2, 0.25) is 0 Å². The molecule has 4 rings (SSSR count). The Bertz CT molecular complexity index is 1090. The molecule has 2 aromatic carbocycles. The van der Waals surface area contributed by atoms with Crippen LogP contribution in [0.5, 0.6) is 0 Å². The van der Waals surface area contributed by atoms with Gasteiger partial charge in [-0.15, -0.1) is 0 Å². The van der Waals surface area contributed by atoms with E-state index in [0.29, 0.717) is 13.2 Å². The lowest BCUT2D eigenvalue weighted by atomic mass is 10.0. The third-order valence-corrected chi connectivity index (χ3v) is 8.94. The van der Waals surface area contributed by atoms with Gasteiger partial charge in [0, 0.05) is 41.8 Å². The van der Waals surface area contributed by atoms with Crippen LogP contribution in [0.1, 0.15) is 12.6 Å². The van der Waals surface area contributed by atoms with Crippen molar-refractivity contribution in [3.8, 4) is 22.4 Å². The number of nitrogens with zero attached hydrogens (tertiary/aromatic N) is 2. The SMILES string of the molecule is CN(C)CCCOC(COCC[Si](C)(C)C)n1ccc2c1-c1ccccc1Sc1ccccc1-2. The maximum absolute atomic E-state index is 6.49. The normalized spacial score (nSPS) is 13.8. The Labute approximate surface area is 210 Å². The molecular formula is C28H38N2O2SSi. The van der Waals surface area contributed by atoms with Gasteiger partial charge in [0.05, 0.1) is 18.9 Å². The van der Waals surface area contributed by atoms with E-state index in [2.05, 4.69) is 104 Å². The van der Waals surface area contributed by atoms with Crippen LogP contribution in [-0.4, -0.2) is 58.0 Å². The van der Waals surface area contributed by atoms with E-state index >= 15 is 0 Å². The standard InChI is InChI=1S/C28H38N2O2SSi/c1-29(2)16-10-18-32-27(21-31-19-20-34(3,4)5)30-17-15-23-22-11-6-8-13-25(22)33-26-14-9-7-12-24(26)28(23)30/h6-9,11-15,17,27H,10,16,18-21H2,1-5H3. The molecule has 0 fully saturated rings. The third-order valence-electron chi connectivity index (χ3n) is 6.08. The second-order valence-corrected chi connectivity index (χ2v) is 17.2. The van der Waals surface area contributed by atoms with Crippen LogP contribution in [0.4, 0.5) is 0 Å². The van der Waals surface area contributed by atoms with Crippen LogP contribution >= 0.6 is 11.8 Å². The molecule has 1 unspecified atom stereocenters. The van der Waals surface area contributed by atoms with E-state index in [9.17, 15) is 0 Å². The monoisotopic (exact) mass is 494 g/mol. The molecule has 4 nitrogen and oxygen atoms in total. The Hall–Kier alpha value is -1.83. The number of fused-ring (bicyclic) bond motifs is 5. The quantitative estimate of drug-likeness (QED) is 0.164. The van der Waals surface area contributed by atoms with E-state index in [1.54, 1.807) is 0 Å². The summed E-state index contributed by atoms with van der Waals surface area (Å²) in [5.74, 6) is 0. The van der Waals surface area contributed by atoms with Crippen LogP contribution in [0.25, 0.3) is 22.4 Å². The summed E-state index contributed by atoms with van der Waals surface area (Å²) in [7, 11) is 3.07. The summed E-state index contributed by atoms with van der Waals surface area (Å²) in [6, 6.07) is 20.8. The molecule has 2 heterocycles. The maximum atomic E-state index is 6.49. The summed E-state index contributed by atoms with van der Waals surface area (Å²) in [4.78, 5) is 4.77. The lowest BCUT2D eigenvalue weighted by Gasteiger charge is -2.24. The van der Waals surface area contributed by atoms with Crippen molar-refractivity contribution in [2.75, 3.05) is 40.5 Å². The van der Waals surface area contributed by atoms with Crippen molar-refractivity contribution in [1.29, 1.82) is 0 Å². The van der Waals surface area contributed by atoms with Crippen LogP contribution in [0.15, 0.2) is 70.6 Å². The highest BCUT2D eigenvalue weighted by Crippen LogP contribution is 2.48. The molecule has 1 aliphatic rings. The van der Waals surface area contributed by atoms with Gasteiger partial charge in [0.25, 0.3) is 0 Å². The van der Waals surface area contributed by atoms with E-state index in [1.807, 2.05) is 11.8 Å². The van der Waals surface area contributed by atoms with Gasteiger partial charge in [-0.2, -0.15) is 0 Å².